The number of rotatable bonds is 3. The quantitative estimate of drug-likeness (QED) is 0.865. The number of hydrogen-bond donors (Lipinski definition) is 0. The molecule has 0 bridgehead atoms. The van der Waals surface area contributed by atoms with E-state index in [2.05, 4.69) is 11.9 Å². The van der Waals surface area contributed by atoms with Gasteiger partial charge in [-0.05, 0) is 43.7 Å². The minimum atomic E-state index is 0.528. The van der Waals surface area contributed by atoms with Crippen LogP contribution in [-0.4, -0.2) is 25.0 Å². The third kappa shape index (κ3) is 2.84. The van der Waals surface area contributed by atoms with Gasteiger partial charge in [0.1, 0.15) is 12.4 Å². The highest BCUT2D eigenvalue weighted by atomic mass is 35.5. The fraction of sp³-hybridized carbons (Fsp3) is 0.375. The van der Waals surface area contributed by atoms with Crippen LogP contribution in [0.15, 0.2) is 35.1 Å². The number of furan rings is 1. The van der Waals surface area contributed by atoms with Crippen molar-refractivity contribution in [2.75, 3.05) is 20.1 Å². The van der Waals surface area contributed by atoms with Crippen LogP contribution in [0.4, 0.5) is 0 Å². The average molecular weight is 292 g/mol. The summed E-state index contributed by atoms with van der Waals surface area (Å²) in [7, 11) is 2.14. The topological polar surface area (TPSA) is 25.6 Å². The number of benzene rings is 1. The summed E-state index contributed by atoms with van der Waals surface area (Å²) < 4.78 is 11.0. The van der Waals surface area contributed by atoms with Gasteiger partial charge in [-0.1, -0.05) is 11.6 Å². The third-order valence-electron chi connectivity index (χ3n) is 3.79. The second kappa shape index (κ2) is 5.90. The normalized spacial score (nSPS) is 15.7. The molecule has 0 atom stereocenters. The summed E-state index contributed by atoms with van der Waals surface area (Å²) in [4.78, 5) is 2.33. The maximum atomic E-state index is 6.35. The summed E-state index contributed by atoms with van der Waals surface area (Å²) in [6, 6.07) is 5.84. The Labute approximate surface area is 124 Å². The molecule has 1 aliphatic heterocycles. The minimum absolute atomic E-state index is 0.528. The lowest BCUT2D eigenvalue weighted by Gasteiger charge is -2.14. The fourth-order valence-electron chi connectivity index (χ4n) is 2.58. The van der Waals surface area contributed by atoms with Gasteiger partial charge in [0.15, 0.2) is 0 Å². The lowest BCUT2D eigenvalue weighted by molar-refractivity contribution is 0.299. The molecule has 106 valence electrons. The number of halogens is 1. The summed E-state index contributed by atoms with van der Waals surface area (Å²) >= 11 is 6.35. The Morgan fingerprint density at radius 1 is 1.20 bits per heavy atom. The zero-order valence-electron chi connectivity index (χ0n) is 11.6. The van der Waals surface area contributed by atoms with E-state index in [1.165, 1.54) is 11.1 Å². The highest BCUT2D eigenvalue weighted by molar-refractivity contribution is 6.31. The molecule has 0 spiro atoms. The van der Waals surface area contributed by atoms with Gasteiger partial charge in [-0.15, -0.1) is 0 Å². The molecular weight excluding hydrogens is 274 g/mol. The second-order valence-electron chi connectivity index (χ2n) is 5.23. The molecule has 0 N–H and O–H groups in total. The van der Waals surface area contributed by atoms with Gasteiger partial charge in [0.2, 0.25) is 0 Å². The highest BCUT2D eigenvalue weighted by Gasteiger charge is 2.18. The van der Waals surface area contributed by atoms with Crippen molar-refractivity contribution in [2.45, 2.75) is 19.4 Å². The zero-order chi connectivity index (χ0) is 13.9. The summed E-state index contributed by atoms with van der Waals surface area (Å²) in [5, 5.41) is 0.853. The summed E-state index contributed by atoms with van der Waals surface area (Å²) in [6.07, 6.45) is 5.33. The van der Waals surface area contributed by atoms with Crippen molar-refractivity contribution in [3.63, 3.8) is 0 Å². The van der Waals surface area contributed by atoms with Crippen molar-refractivity contribution in [2.24, 2.45) is 0 Å². The van der Waals surface area contributed by atoms with E-state index in [1.54, 1.807) is 12.5 Å². The molecule has 1 aliphatic rings. The van der Waals surface area contributed by atoms with Gasteiger partial charge < -0.3 is 14.1 Å². The molecule has 2 aromatic rings. The first-order chi connectivity index (χ1) is 9.74. The van der Waals surface area contributed by atoms with Crippen LogP contribution < -0.4 is 4.74 Å². The van der Waals surface area contributed by atoms with Crippen LogP contribution in [0.2, 0.25) is 5.02 Å². The Morgan fingerprint density at radius 3 is 2.75 bits per heavy atom. The summed E-state index contributed by atoms with van der Waals surface area (Å²) in [5.74, 6) is 0.945. The molecule has 0 aliphatic carbocycles. The molecule has 0 amide bonds. The number of fused-ring (bicyclic) bond motifs is 1. The molecule has 3 nitrogen and oxygen atoms in total. The number of hydrogen-bond acceptors (Lipinski definition) is 3. The van der Waals surface area contributed by atoms with Crippen molar-refractivity contribution in [1.29, 1.82) is 0 Å². The van der Waals surface area contributed by atoms with E-state index in [9.17, 15) is 0 Å². The molecule has 0 saturated heterocycles. The van der Waals surface area contributed by atoms with Crippen LogP contribution in [0.1, 0.15) is 16.7 Å². The van der Waals surface area contributed by atoms with Gasteiger partial charge in [0, 0.05) is 29.2 Å². The molecule has 1 aromatic carbocycles. The van der Waals surface area contributed by atoms with Crippen molar-refractivity contribution >= 4 is 11.6 Å². The van der Waals surface area contributed by atoms with Crippen LogP contribution in [0, 0.1) is 0 Å². The molecular formula is C16H18ClNO2. The lowest BCUT2D eigenvalue weighted by Crippen LogP contribution is -2.20. The van der Waals surface area contributed by atoms with Gasteiger partial charge in [-0.25, -0.2) is 0 Å². The van der Waals surface area contributed by atoms with E-state index in [-0.39, 0.29) is 0 Å². The van der Waals surface area contributed by atoms with Crippen molar-refractivity contribution in [1.82, 2.24) is 4.90 Å². The molecule has 20 heavy (non-hydrogen) atoms. The van der Waals surface area contributed by atoms with Crippen LogP contribution in [-0.2, 0) is 19.4 Å². The molecule has 1 aromatic heterocycles. The second-order valence-corrected chi connectivity index (χ2v) is 5.63. The minimum Gasteiger partial charge on any atom is -0.488 e. The molecule has 0 saturated carbocycles. The van der Waals surface area contributed by atoms with Gasteiger partial charge in [0.05, 0.1) is 12.5 Å². The van der Waals surface area contributed by atoms with Crippen LogP contribution >= 0.6 is 11.6 Å². The van der Waals surface area contributed by atoms with E-state index >= 15 is 0 Å². The lowest BCUT2D eigenvalue weighted by atomic mass is 10.0. The van der Waals surface area contributed by atoms with Crippen LogP contribution in [0.25, 0.3) is 0 Å². The smallest absolute Gasteiger partial charge is 0.123 e. The van der Waals surface area contributed by atoms with Gasteiger partial charge in [-0.3, -0.25) is 0 Å². The van der Waals surface area contributed by atoms with E-state index in [4.69, 9.17) is 20.8 Å². The molecule has 2 heterocycles. The van der Waals surface area contributed by atoms with E-state index in [0.29, 0.717) is 6.61 Å². The third-order valence-corrected chi connectivity index (χ3v) is 4.15. The maximum Gasteiger partial charge on any atom is 0.123 e. The standard InChI is InChI=1S/C16H18ClNO2/c1-18-7-4-13-14(5-8-18)16(3-2-15(13)17)20-11-12-6-9-19-10-12/h2-3,6,9-10H,4-5,7-8,11H2,1H3. The SMILES string of the molecule is CN1CCc2c(Cl)ccc(OCc3ccoc3)c2CC1. The van der Waals surface area contributed by atoms with E-state index in [1.807, 2.05) is 18.2 Å². The largest absolute Gasteiger partial charge is 0.488 e. The van der Waals surface area contributed by atoms with Crippen molar-refractivity contribution in [3.8, 4) is 5.75 Å². The Kier molecular flexibility index (Phi) is 3.99. The molecule has 0 fully saturated rings. The van der Waals surface area contributed by atoms with Crippen molar-refractivity contribution < 1.29 is 9.15 Å². The van der Waals surface area contributed by atoms with Crippen LogP contribution in [0.5, 0.6) is 5.75 Å². The van der Waals surface area contributed by atoms with Gasteiger partial charge in [-0.2, -0.15) is 0 Å². The first-order valence-corrected chi connectivity index (χ1v) is 7.24. The molecule has 0 radical (unpaired) electrons. The first-order valence-electron chi connectivity index (χ1n) is 6.86. The predicted octanol–water partition coefficient (Wildman–Crippen LogP) is 3.54. The highest BCUT2D eigenvalue weighted by Crippen LogP contribution is 2.32. The Hall–Kier alpha value is -1.45. The van der Waals surface area contributed by atoms with Gasteiger partial charge >= 0.3 is 0 Å². The summed E-state index contributed by atoms with van der Waals surface area (Å²) in [6.45, 7) is 2.60. The van der Waals surface area contributed by atoms with Crippen molar-refractivity contribution in [3.05, 3.63) is 52.4 Å². The van der Waals surface area contributed by atoms with E-state index in [0.717, 1.165) is 42.3 Å². The first kappa shape index (κ1) is 13.5. The molecule has 0 unspecified atom stereocenters. The Bertz CT molecular complexity index is 580. The number of likely N-dealkylation sites (N-methyl/N-ethyl adjacent to an activating group) is 1. The maximum absolute atomic E-state index is 6.35. The number of nitrogens with zero attached hydrogens (tertiary/aromatic N) is 1. The Balaban J connectivity index is 1.84. The average Bonchev–Trinajstić information content (AvgIpc) is 2.88. The molecule has 4 heteroatoms. The van der Waals surface area contributed by atoms with Crippen LogP contribution in [0.3, 0.4) is 0 Å². The summed E-state index contributed by atoms with van der Waals surface area (Å²) in [5.41, 5.74) is 3.53. The monoisotopic (exact) mass is 291 g/mol. The molecule has 3 rings (SSSR count). The zero-order valence-corrected chi connectivity index (χ0v) is 12.3. The Morgan fingerprint density at radius 2 is 2.00 bits per heavy atom. The predicted molar refractivity (Wildman–Crippen MR) is 79.4 cm³/mol. The van der Waals surface area contributed by atoms with Gasteiger partial charge in [0.25, 0.3) is 0 Å². The number of ether oxygens (including phenoxy) is 1. The fourth-order valence-corrected chi connectivity index (χ4v) is 2.85. The van der Waals surface area contributed by atoms with E-state index < -0.39 is 0 Å².